The van der Waals surface area contributed by atoms with Gasteiger partial charge in [-0.15, -0.1) is 6.61 Å². The predicted octanol–water partition coefficient (Wildman–Crippen LogP) is 3.35. The van der Waals surface area contributed by atoms with E-state index < -0.39 is 38.7 Å². The summed E-state index contributed by atoms with van der Waals surface area (Å²) < 4.78 is 44.7. The van der Waals surface area contributed by atoms with Crippen molar-refractivity contribution in [3.63, 3.8) is 0 Å². The standard InChI is InChI=1S/C22H15F3N2O5.C4H9O.K/c23-22(24,25)17-11-19(26(28)29)21(20(12-17)27(30)31)32-18-7-6-14-8-15(9-16(14)10-18)13-4-2-1-3-5-13;1-2-3-4-5;/h1-7,10-12,15H,8-9H2;2-4H2,1H3;/q;-1;+1. The molecule has 38 heavy (non-hydrogen) atoms. The van der Waals surface area contributed by atoms with E-state index in [1.54, 1.807) is 12.1 Å². The van der Waals surface area contributed by atoms with E-state index in [0.29, 0.717) is 6.42 Å². The Hall–Kier alpha value is -2.35. The number of nitro benzene ring substituents is 2. The molecule has 1 aliphatic rings. The minimum Gasteiger partial charge on any atom is -0.854 e. The summed E-state index contributed by atoms with van der Waals surface area (Å²) in [6.45, 7) is 2.11. The maximum atomic E-state index is 13.1. The number of benzene rings is 3. The number of hydrogen-bond acceptors (Lipinski definition) is 6. The van der Waals surface area contributed by atoms with Crippen molar-refractivity contribution in [3.8, 4) is 11.5 Å². The van der Waals surface area contributed by atoms with Gasteiger partial charge in [-0.25, -0.2) is 0 Å². The second kappa shape index (κ2) is 14.2. The van der Waals surface area contributed by atoms with Crippen LogP contribution < -0.4 is 61.2 Å². The normalized spacial score (nSPS) is 14.0. The number of unbranched alkanes of at least 4 members (excludes halogenated alkanes) is 1. The minimum absolute atomic E-state index is 0. The van der Waals surface area contributed by atoms with Crippen molar-refractivity contribution in [3.05, 3.63) is 103 Å². The molecule has 0 bridgehead atoms. The summed E-state index contributed by atoms with van der Waals surface area (Å²) in [4.78, 5) is 20.5. The molecule has 0 radical (unpaired) electrons. The van der Waals surface area contributed by atoms with Crippen molar-refractivity contribution in [1.29, 1.82) is 0 Å². The molecule has 1 aliphatic carbocycles. The van der Waals surface area contributed by atoms with Crippen molar-refractivity contribution in [2.45, 2.75) is 44.7 Å². The zero-order valence-corrected chi connectivity index (χ0v) is 24.0. The van der Waals surface area contributed by atoms with Crippen LogP contribution in [0.4, 0.5) is 24.5 Å². The molecule has 12 heteroatoms. The van der Waals surface area contributed by atoms with Crippen molar-refractivity contribution < 1.29 is 84.2 Å². The van der Waals surface area contributed by atoms with E-state index in [1.165, 1.54) is 6.07 Å². The van der Waals surface area contributed by atoms with Gasteiger partial charge in [-0.1, -0.05) is 56.2 Å². The van der Waals surface area contributed by atoms with Gasteiger partial charge in [0.15, 0.2) is 0 Å². The van der Waals surface area contributed by atoms with E-state index >= 15 is 0 Å². The number of ether oxygens (including phenoxy) is 1. The Morgan fingerprint density at radius 3 is 1.97 bits per heavy atom. The molecule has 3 aromatic carbocycles. The Morgan fingerprint density at radius 1 is 0.921 bits per heavy atom. The number of alkyl halides is 3. The third-order valence-electron chi connectivity index (χ3n) is 5.87. The summed E-state index contributed by atoms with van der Waals surface area (Å²) in [6.07, 6.45) is -1.68. The molecule has 196 valence electrons. The van der Waals surface area contributed by atoms with Crippen molar-refractivity contribution >= 4 is 11.4 Å². The fraction of sp³-hybridized carbons (Fsp3) is 0.308. The van der Waals surface area contributed by atoms with Gasteiger partial charge in [0.1, 0.15) is 5.75 Å². The predicted molar refractivity (Wildman–Crippen MR) is 128 cm³/mol. The number of nitrogens with zero attached hydrogens (tertiary/aromatic N) is 2. The molecule has 0 N–H and O–H groups in total. The summed E-state index contributed by atoms with van der Waals surface area (Å²) in [5, 5.41) is 32.3. The Balaban J connectivity index is 0.000000774. The maximum absolute atomic E-state index is 13.1. The first-order valence-electron chi connectivity index (χ1n) is 11.5. The van der Waals surface area contributed by atoms with Gasteiger partial charge < -0.3 is 9.84 Å². The van der Waals surface area contributed by atoms with Crippen molar-refractivity contribution in [2.24, 2.45) is 0 Å². The number of halogens is 3. The molecule has 1 atom stereocenters. The first kappa shape index (κ1) is 31.9. The van der Waals surface area contributed by atoms with Gasteiger partial charge in [0, 0.05) is 12.1 Å². The Morgan fingerprint density at radius 2 is 1.50 bits per heavy atom. The topological polar surface area (TPSA) is 119 Å². The van der Waals surface area contributed by atoms with E-state index in [1.807, 2.05) is 37.3 Å². The van der Waals surface area contributed by atoms with Crippen LogP contribution in [0.5, 0.6) is 11.5 Å². The van der Waals surface area contributed by atoms with Gasteiger partial charge in [0.25, 0.3) is 5.75 Å². The van der Waals surface area contributed by atoms with E-state index in [-0.39, 0.29) is 81.8 Å². The number of hydrogen-bond donors (Lipinski definition) is 0. The van der Waals surface area contributed by atoms with Gasteiger partial charge in [-0.2, -0.15) is 13.2 Å². The summed E-state index contributed by atoms with van der Waals surface area (Å²) in [6, 6.07) is 15.2. The first-order chi connectivity index (χ1) is 17.5. The van der Waals surface area contributed by atoms with Crippen LogP contribution in [0.3, 0.4) is 0 Å². The number of nitro groups is 2. The molecule has 8 nitrogen and oxygen atoms in total. The first-order valence-corrected chi connectivity index (χ1v) is 11.5. The molecule has 0 heterocycles. The van der Waals surface area contributed by atoms with Crippen LogP contribution in [0.1, 0.15) is 47.9 Å². The summed E-state index contributed by atoms with van der Waals surface area (Å²) >= 11 is 0. The van der Waals surface area contributed by atoms with Crippen LogP contribution in [0.15, 0.2) is 60.7 Å². The van der Waals surface area contributed by atoms with Crippen LogP contribution in [0.25, 0.3) is 0 Å². The molecular formula is C26H24F3KN2O6. The van der Waals surface area contributed by atoms with E-state index in [2.05, 4.69) is 0 Å². The van der Waals surface area contributed by atoms with Crippen LogP contribution >= 0.6 is 0 Å². The average molecular weight is 557 g/mol. The van der Waals surface area contributed by atoms with Gasteiger partial charge in [0.05, 0.1) is 15.4 Å². The Kier molecular flexibility index (Phi) is 11.9. The van der Waals surface area contributed by atoms with Gasteiger partial charge in [0.2, 0.25) is 0 Å². The van der Waals surface area contributed by atoms with E-state index in [9.17, 15) is 38.5 Å². The van der Waals surface area contributed by atoms with Crippen molar-refractivity contribution in [1.82, 2.24) is 0 Å². The fourth-order valence-electron chi connectivity index (χ4n) is 4.02. The molecule has 1 unspecified atom stereocenters. The quantitative estimate of drug-likeness (QED) is 0.250. The maximum Gasteiger partial charge on any atom is 1.00 e. The van der Waals surface area contributed by atoms with E-state index in [0.717, 1.165) is 36.0 Å². The Labute approximate surface area is 259 Å². The second-order valence-electron chi connectivity index (χ2n) is 8.46. The average Bonchev–Trinajstić information content (AvgIpc) is 3.28. The monoisotopic (exact) mass is 556 g/mol. The molecule has 0 saturated carbocycles. The number of fused-ring (bicyclic) bond motifs is 1. The number of rotatable bonds is 7. The molecule has 0 fully saturated rings. The summed E-state index contributed by atoms with van der Waals surface area (Å²) in [5.74, 6) is -0.537. The third kappa shape index (κ3) is 8.07. The van der Waals surface area contributed by atoms with Crippen molar-refractivity contribution in [2.75, 3.05) is 6.61 Å². The van der Waals surface area contributed by atoms with Gasteiger partial charge >= 0.3 is 68.9 Å². The minimum atomic E-state index is -4.99. The molecule has 3 aromatic rings. The SMILES string of the molecule is CCCC[O-].O=[N+]([O-])c1cc(C(F)(F)F)cc([N+](=O)[O-])c1Oc1ccc2c(c1)CC(c1ccccc1)C2.[K+]. The summed E-state index contributed by atoms with van der Waals surface area (Å²) in [5.41, 5.74) is -0.650. The van der Waals surface area contributed by atoms with E-state index in [4.69, 9.17) is 4.74 Å². The zero-order chi connectivity index (χ0) is 27.2. The second-order valence-corrected chi connectivity index (χ2v) is 8.46. The molecule has 0 saturated heterocycles. The van der Waals surface area contributed by atoms with Gasteiger partial charge in [-0.3, -0.25) is 20.2 Å². The third-order valence-corrected chi connectivity index (χ3v) is 5.87. The zero-order valence-electron chi connectivity index (χ0n) is 20.9. The smallest absolute Gasteiger partial charge is 0.854 e. The molecule has 0 spiro atoms. The Bertz CT molecular complexity index is 1230. The van der Waals surface area contributed by atoms with Crippen LogP contribution in [-0.4, -0.2) is 16.5 Å². The molecule has 4 rings (SSSR count). The molecule has 0 amide bonds. The molecular weight excluding hydrogens is 532 g/mol. The molecule has 0 aromatic heterocycles. The van der Waals surface area contributed by atoms with Crippen LogP contribution in [0.2, 0.25) is 0 Å². The largest absolute Gasteiger partial charge is 1.00 e. The summed E-state index contributed by atoms with van der Waals surface area (Å²) in [7, 11) is 0. The van der Waals surface area contributed by atoms with Crippen LogP contribution in [-0.2, 0) is 19.0 Å². The molecule has 0 aliphatic heterocycles. The fourth-order valence-corrected chi connectivity index (χ4v) is 4.02. The van der Waals surface area contributed by atoms with Gasteiger partial charge in [-0.05, 0) is 47.6 Å². The van der Waals surface area contributed by atoms with Crippen LogP contribution in [0, 0.1) is 20.2 Å².